The maximum absolute atomic E-state index is 9.17. The van der Waals surface area contributed by atoms with Gasteiger partial charge in [-0.1, -0.05) is 30.7 Å². The molecule has 120 valence electrons. The van der Waals surface area contributed by atoms with E-state index in [0.29, 0.717) is 12.1 Å². The molecule has 0 spiro atoms. The molecule has 1 aromatic carbocycles. The summed E-state index contributed by atoms with van der Waals surface area (Å²) in [6, 6.07) is 8.89. The molecule has 1 unspecified atom stereocenters. The van der Waals surface area contributed by atoms with E-state index in [0.717, 1.165) is 37.5 Å². The van der Waals surface area contributed by atoms with Gasteiger partial charge < -0.3 is 10.4 Å². The van der Waals surface area contributed by atoms with Crippen molar-refractivity contribution in [2.45, 2.75) is 45.7 Å². The molecular formula is C17H29ClN2O. The van der Waals surface area contributed by atoms with Crippen molar-refractivity contribution in [3.05, 3.63) is 34.9 Å². The normalized spacial score (nSPS) is 13.1. The van der Waals surface area contributed by atoms with Crippen molar-refractivity contribution < 1.29 is 5.11 Å². The fourth-order valence-electron chi connectivity index (χ4n) is 2.45. The van der Waals surface area contributed by atoms with Crippen molar-refractivity contribution in [2.24, 2.45) is 0 Å². The number of nitrogens with one attached hydrogen (secondary N) is 1. The molecule has 0 aromatic heterocycles. The van der Waals surface area contributed by atoms with E-state index in [1.165, 1.54) is 5.56 Å². The number of benzene rings is 1. The SMILES string of the molecule is CCCNC(CCN(CCO)C(C)C)c1ccc(Cl)cc1. The summed E-state index contributed by atoms with van der Waals surface area (Å²) in [4.78, 5) is 2.32. The average molecular weight is 313 g/mol. The van der Waals surface area contributed by atoms with Gasteiger partial charge in [0.05, 0.1) is 6.61 Å². The zero-order chi connectivity index (χ0) is 15.7. The Kier molecular flexibility index (Phi) is 8.93. The van der Waals surface area contributed by atoms with Crippen LogP contribution < -0.4 is 5.32 Å². The van der Waals surface area contributed by atoms with Gasteiger partial charge in [0.2, 0.25) is 0 Å². The molecule has 0 aliphatic carbocycles. The van der Waals surface area contributed by atoms with Gasteiger partial charge in [0.15, 0.2) is 0 Å². The van der Waals surface area contributed by atoms with E-state index in [1.807, 2.05) is 12.1 Å². The molecule has 0 amide bonds. The van der Waals surface area contributed by atoms with Crippen LogP contribution in [0.25, 0.3) is 0 Å². The van der Waals surface area contributed by atoms with Crippen LogP contribution >= 0.6 is 11.6 Å². The lowest BCUT2D eigenvalue weighted by Gasteiger charge is -2.28. The fraction of sp³-hybridized carbons (Fsp3) is 0.647. The predicted molar refractivity (Wildman–Crippen MR) is 90.9 cm³/mol. The maximum Gasteiger partial charge on any atom is 0.0558 e. The summed E-state index contributed by atoms with van der Waals surface area (Å²) < 4.78 is 0. The second-order valence-electron chi connectivity index (χ2n) is 5.70. The first-order chi connectivity index (χ1) is 10.1. The standard InChI is InChI=1S/C17H29ClN2O/c1-4-10-19-17(15-5-7-16(18)8-6-15)9-11-20(12-13-21)14(2)3/h5-8,14,17,19,21H,4,9-13H2,1-3H3. The van der Waals surface area contributed by atoms with Crippen molar-refractivity contribution in [3.63, 3.8) is 0 Å². The molecule has 0 saturated carbocycles. The van der Waals surface area contributed by atoms with Crippen LogP contribution in [0.2, 0.25) is 5.02 Å². The second-order valence-corrected chi connectivity index (χ2v) is 6.14. The number of hydrogen-bond donors (Lipinski definition) is 2. The lowest BCUT2D eigenvalue weighted by Crippen LogP contribution is -2.36. The molecule has 1 rings (SSSR count). The van der Waals surface area contributed by atoms with Crippen molar-refractivity contribution in [3.8, 4) is 0 Å². The minimum Gasteiger partial charge on any atom is -0.395 e. The second kappa shape index (κ2) is 10.2. The summed E-state index contributed by atoms with van der Waals surface area (Å²) >= 11 is 5.97. The largest absolute Gasteiger partial charge is 0.395 e. The summed E-state index contributed by atoms with van der Waals surface area (Å²) in [6.07, 6.45) is 2.15. The third-order valence-corrected chi connectivity index (χ3v) is 3.99. The highest BCUT2D eigenvalue weighted by atomic mass is 35.5. The van der Waals surface area contributed by atoms with E-state index in [1.54, 1.807) is 0 Å². The summed E-state index contributed by atoms with van der Waals surface area (Å²) in [5.41, 5.74) is 1.28. The lowest BCUT2D eigenvalue weighted by molar-refractivity contribution is 0.159. The highest BCUT2D eigenvalue weighted by molar-refractivity contribution is 6.30. The Labute approximate surface area is 134 Å². The fourth-order valence-corrected chi connectivity index (χ4v) is 2.58. The summed E-state index contributed by atoms with van der Waals surface area (Å²) in [5.74, 6) is 0. The van der Waals surface area contributed by atoms with Crippen LogP contribution in [0.5, 0.6) is 0 Å². The van der Waals surface area contributed by atoms with E-state index < -0.39 is 0 Å². The Bertz CT molecular complexity index is 381. The highest BCUT2D eigenvalue weighted by Crippen LogP contribution is 2.20. The van der Waals surface area contributed by atoms with Gasteiger partial charge in [0.1, 0.15) is 0 Å². The molecule has 0 aliphatic rings. The monoisotopic (exact) mass is 312 g/mol. The molecule has 0 fully saturated rings. The van der Waals surface area contributed by atoms with Crippen molar-refractivity contribution in [1.82, 2.24) is 10.2 Å². The van der Waals surface area contributed by atoms with Crippen LogP contribution in [0.3, 0.4) is 0 Å². The molecule has 1 aromatic rings. The van der Waals surface area contributed by atoms with Crippen molar-refractivity contribution in [1.29, 1.82) is 0 Å². The van der Waals surface area contributed by atoms with Gasteiger partial charge in [-0.15, -0.1) is 0 Å². The highest BCUT2D eigenvalue weighted by Gasteiger charge is 2.14. The van der Waals surface area contributed by atoms with Gasteiger partial charge in [0.25, 0.3) is 0 Å². The van der Waals surface area contributed by atoms with Crippen molar-refractivity contribution >= 4 is 11.6 Å². The molecule has 0 bridgehead atoms. The molecule has 0 saturated heterocycles. The molecule has 3 nitrogen and oxygen atoms in total. The Balaban J connectivity index is 2.66. The van der Waals surface area contributed by atoms with Crippen LogP contribution in [0.15, 0.2) is 24.3 Å². The number of aliphatic hydroxyl groups excluding tert-OH is 1. The van der Waals surface area contributed by atoms with Crippen molar-refractivity contribution in [2.75, 3.05) is 26.2 Å². The molecule has 2 N–H and O–H groups in total. The molecule has 0 radical (unpaired) electrons. The smallest absolute Gasteiger partial charge is 0.0558 e. The number of nitrogens with zero attached hydrogens (tertiary/aromatic N) is 1. The van der Waals surface area contributed by atoms with Gasteiger partial charge in [-0.3, -0.25) is 4.90 Å². The minimum atomic E-state index is 0.214. The molecular weight excluding hydrogens is 284 g/mol. The zero-order valence-electron chi connectivity index (χ0n) is 13.5. The quantitative estimate of drug-likeness (QED) is 0.694. The van der Waals surface area contributed by atoms with E-state index in [4.69, 9.17) is 16.7 Å². The van der Waals surface area contributed by atoms with Crippen LogP contribution in [-0.4, -0.2) is 42.3 Å². The Hall–Kier alpha value is -0.610. The van der Waals surface area contributed by atoms with Crippen LogP contribution in [0.4, 0.5) is 0 Å². The third kappa shape index (κ3) is 6.79. The summed E-state index contributed by atoms with van der Waals surface area (Å²) in [7, 11) is 0. The number of rotatable bonds is 10. The molecule has 0 aliphatic heterocycles. The zero-order valence-corrected chi connectivity index (χ0v) is 14.2. The van der Waals surface area contributed by atoms with Crippen LogP contribution in [0.1, 0.15) is 45.2 Å². The first-order valence-corrected chi connectivity index (χ1v) is 8.30. The first kappa shape index (κ1) is 18.4. The van der Waals surface area contributed by atoms with Gasteiger partial charge >= 0.3 is 0 Å². The third-order valence-electron chi connectivity index (χ3n) is 3.74. The number of hydrogen-bond acceptors (Lipinski definition) is 3. The van der Waals surface area contributed by atoms with Gasteiger partial charge in [-0.25, -0.2) is 0 Å². The lowest BCUT2D eigenvalue weighted by atomic mass is 10.0. The van der Waals surface area contributed by atoms with E-state index in [2.05, 4.69) is 43.1 Å². The van der Waals surface area contributed by atoms with E-state index in [-0.39, 0.29) is 6.61 Å². The van der Waals surface area contributed by atoms with Gasteiger partial charge in [0, 0.05) is 30.2 Å². The molecule has 4 heteroatoms. The maximum atomic E-state index is 9.17. The topological polar surface area (TPSA) is 35.5 Å². The van der Waals surface area contributed by atoms with Gasteiger partial charge in [-0.05, 0) is 50.9 Å². The van der Waals surface area contributed by atoms with Crippen LogP contribution in [0, 0.1) is 0 Å². The Morgan fingerprint density at radius 2 is 1.86 bits per heavy atom. The number of aliphatic hydroxyl groups is 1. The average Bonchev–Trinajstić information content (AvgIpc) is 2.47. The number of halogens is 1. The van der Waals surface area contributed by atoms with Gasteiger partial charge in [-0.2, -0.15) is 0 Å². The summed E-state index contributed by atoms with van der Waals surface area (Å²) in [6.45, 7) is 9.46. The van der Waals surface area contributed by atoms with E-state index >= 15 is 0 Å². The molecule has 1 atom stereocenters. The van der Waals surface area contributed by atoms with E-state index in [9.17, 15) is 0 Å². The first-order valence-electron chi connectivity index (χ1n) is 7.92. The minimum absolute atomic E-state index is 0.214. The van der Waals surface area contributed by atoms with Crippen LogP contribution in [-0.2, 0) is 0 Å². The Morgan fingerprint density at radius 1 is 1.19 bits per heavy atom. The predicted octanol–water partition coefficient (Wildman–Crippen LogP) is 3.47. The Morgan fingerprint density at radius 3 is 2.38 bits per heavy atom. The summed E-state index contributed by atoms with van der Waals surface area (Å²) in [5, 5.41) is 13.6. The molecule has 21 heavy (non-hydrogen) atoms. The molecule has 0 heterocycles.